The predicted octanol–water partition coefficient (Wildman–Crippen LogP) is 0.306. The van der Waals surface area contributed by atoms with Gasteiger partial charge in [0.25, 0.3) is 0 Å². The third-order valence-electron chi connectivity index (χ3n) is 3.55. The van der Waals surface area contributed by atoms with Crippen LogP contribution in [0.25, 0.3) is 0 Å². The number of nitrogens with one attached hydrogen (secondary N) is 1. The second-order valence-corrected chi connectivity index (χ2v) is 7.67. The number of carbonyl (C=O) groups is 1. The van der Waals surface area contributed by atoms with E-state index in [-0.39, 0.29) is 18.5 Å². The minimum absolute atomic E-state index is 0.0200. The van der Waals surface area contributed by atoms with Crippen molar-refractivity contribution in [2.75, 3.05) is 47.6 Å². The molecule has 0 saturated carbocycles. The van der Waals surface area contributed by atoms with E-state index in [2.05, 4.69) is 5.32 Å². The van der Waals surface area contributed by atoms with E-state index in [1.54, 1.807) is 7.11 Å². The number of hydrogen-bond donors (Lipinski definition) is 1. The van der Waals surface area contributed by atoms with Crippen molar-refractivity contribution in [3.8, 4) is 5.75 Å². The highest BCUT2D eigenvalue weighted by atomic mass is 32.2. The lowest BCUT2D eigenvalue weighted by Gasteiger charge is -2.25. The highest BCUT2D eigenvalue weighted by Gasteiger charge is 2.18. The molecule has 0 radical (unpaired) electrons. The summed E-state index contributed by atoms with van der Waals surface area (Å²) in [4.78, 5) is 13.9. The molecule has 0 saturated heterocycles. The largest absolute Gasteiger partial charge is 0.497 e. The van der Waals surface area contributed by atoms with Gasteiger partial charge in [0.05, 0.1) is 26.0 Å². The third kappa shape index (κ3) is 6.17. The summed E-state index contributed by atoms with van der Waals surface area (Å²) in [6.45, 7) is 0.192. The lowest BCUT2D eigenvalue weighted by Crippen LogP contribution is -2.41. The first kappa shape index (κ1) is 19.4. The summed E-state index contributed by atoms with van der Waals surface area (Å²) in [7, 11) is 3.46. The molecular weight excluding hydrogens is 318 g/mol. The fraction of sp³-hybridized carbons (Fsp3) is 0.533. The summed E-state index contributed by atoms with van der Waals surface area (Å²) >= 11 is 0. The first-order chi connectivity index (χ1) is 10.6. The van der Waals surface area contributed by atoms with Crippen LogP contribution in [-0.2, 0) is 14.8 Å². The molecule has 1 aromatic carbocycles. The summed E-state index contributed by atoms with van der Waals surface area (Å²) in [5.41, 5.74) is 1.03. The molecule has 7 nitrogen and oxygen atoms in total. The van der Waals surface area contributed by atoms with E-state index in [0.717, 1.165) is 21.9 Å². The summed E-state index contributed by atoms with van der Waals surface area (Å²) in [5, 5.41) is 2.78. The van der Waals surface area contributed by atoms with Crippen LogP contribution in [0.5, 0.6) is 5.75 Å². The van der Waals surface area contributed by atoms with Crippen molar-refractivity contribution in [2.24, 2.45) is 0 Å². The van der Waals surface area contributed by atoms with Crippen molar-refractivity contribution >= 4 is 15.9 Å². The van der Waals surface area contributed by atoms with Crippen molar-refractivity contribution in [3.63, 3.8) is 0 Å². The number of benzene rings is 1. The lowest BCUT2D eigenvalue weighted by atomic mass is 10.1. The Kier molecular flexibility index (Phi) is 6.99. The van der Waals surface area contributed by atoms with E-state index < -0.39 is 10.0 Å². The molecule has 0 fully saturated rings. The summed E-state index contributed by atoms with van der Waals surface area (Å²) in [5.74, 6) is 0.434. The fourth-order valence-corrected chi connectivity index (χ4v) is 2.36. The Labute approximate surface area is 138 Å². The molecule has 0 spiro atoms. The quantitative estimate of drug-likeness (QED) is 0.735. The minimum Gasteiger partial charge on any atom is -0.497 e. The van der Waals surface area contributed by atoms with Crippen LogP contribution < -0.4 is 10.1 Å². The van der Waals surface area contributed by atoms with Gasteiger partial charge in [-0.25, -0.2) is 8.42 Å². The number of carbonyl (C=O) groups excluding carboxylic acids is 1. The Morgan fingerprint density at radius 3 is 2.22 bits per heavy atom. The molecule has 0 aliphatic heterocycles. The lowest BCUT2D eigenvalue weighted by molar-refractivity contribution is -0.121. The Morgan fingerprint density at radius 2 is 1.78 bits per heavy atom. The molecule has 0 aliphatic carbocycles. The van der Waals surface area contributed by atoms with E-state index in [1.807, 2.05) is 43.3 Å². The number of likely N-dealkylation sites (N-methyl/N-ethyl adjacent to an activating group) is 2. The average molecular weight is 343 g/mol. The smallest absolute Gasteiger partial charge is 0.235 e. The number of nitrogens with zero attached hydrogens (tertiary/aromatic N) is 2. The van der Waals surface area contributed by atoms with Gasteiger partial charge < -0.3 is 15.0 Å². The van der Waals surface area contributed by atoms with E-state index in [0.29, 0.717) is 6.54 Å². The average Bonchev–Trinajstić information content (AvgIpc) is 2.46. The highest BCUT2D eigenvalue weighted by molar-refractivity contribution is 7.88. The van der Waals surface area contributed by atoms with Crippen LogP contribution in [0.2, 0.25) is 0 Å². The van der Waals surface area contributed by atoms with Gasteiger partial charge in [0.15, 0.2) is 0 Å². The van der Waals surface area contributed by atoms with Gasteiger partial charge in [-0.15, -0.1) is 0 Å². The molecule has 1 atom stereocenters. The van der Waals surface area contributed by atoms with Crippen molar-refractivity contribution in [2.45, 2.75) is 6.04 Å². The second kappa shape index (κ2) is 8.28. The zero-order valence-electron chi connectivity index (χ0n) is 14.2. The first-order valence-electron chi connectivity index (χ1n) is 7.13. The van der Waals surface area contributed by atoms with Crippen LogP contribution in [0.15, 0.2) is 24.3 Å². The summed E-state index contributed by atoms with van der Waals surface area (Å²) < 4.78 is 28.8. The van der Waals surface area contributed by atoms with E-state index >= 15 is 0 Å². The first-order valence-corrected chi connectivity index (χ1v) is 8.98. The Hall–Kier alpha value is -1.64. The van der Waals surface area contributed by atoms with Crippen molar-refractivity contribution in [1.82, 2.24) is 14.5 Å². The van der Waals surface area contributed by atoms with Crippen molar-refractivity contribution in [3.05, 3.63) is 29.8 Å². The number of ether oxygens (including phenoxy) is 1. The van der Waals surface area contributed by atoms with Gasteiger partial charge in [0.1, 0.15) is 5.75 Å². The molecule has 0 aromatic heterocycles. The molecule has 1 amide bonds. The maximum absolute atomic E-state index is 11.9. The number of rotatable bonds is 8. The summed E-state index contributed by atoms with van der Waals surface area (Å²) in [6, 6.07) is 7.60. The van der Waals surface area contributed by atoms with Crippen LogP contribution in [0.3, 0.4) is 0 Å². The number of hydrogen-bond acceptors (Lipinski definition) is 5. The number of methoxy groups -OCH3 is 1. The number of amides is 1. The highest BCUT2D eigenvalue weighted by Crippen LogP contribution is 2.20. The molecule has 0 heterocycles. The SMILES string of the molecule is COc1ccc([C@H](CNC(=O)CN(C)S(C)(=O)=O)N(C)C)cc1. The van der Waals surface area contributed by atoms with Crippen LogP contribution >= 0.6 is 0 Å². The van der Waals surface area contributed by atoms with Gasteiger partial charge in [-0.05, 0) is 31.8 Å². The monoisotopic (exact) mass is 343 g/mol. The zero-order chi connectivity index (χ0) is 17.6. The van der Waals surface area contributed by atoms with E-state index in [9.17, 15) is 13.2 Å². The standard InChI is InChI=1S/C15H25N3O4S/c1-17(2)14(12-6-8-13(22-4)9-7-12)10-16-15(19)11-18(3)23(5,20)21/h6-9,14H,10-11H2,1-5H3,(H,16,19)/t14-/m0/s1. The van der Waals surface area contributed by atoms with Gasteiger partial charge in [-0.3, -0.25) is 4.79 Å². The molecular formula is C15H25N3O4S. The maximum atomic E-state index is 11.9. The molecule has 1 rings (SSSR count). The third-order valence-corrected chi connectivity index (χ3v) is 4.81. The molecule has 1 aromatic rings. The van der Waals surface area contributed by atoms with Crippen LogP contribution in [0.1, 0.15) is 11.6 Å². The van der Waals surface area contributed by atoms with E-state index in [4.69, 9.17) is 4.74 Å². The van der Waals surface area contributed by atoms with Crippen LogP contribution in [0.4, 0.5) is 0 Å². The molecule has 0 bridgehead atoms. The minimum atomic E-state index is -3.36. The van der Waals surface area contributed by atoms with Crippen LogP contribution in [-0.4, -0.2) is 71.1 Å². The van der Waals surface area contributed by atoms with Crippen LogP contribution in [0, 0.1) is 0 Å². The molecule has 1 N–H and O–H groups in total. The molecule has 23 heavy (non-hydrogen) atoms. The zero-order valence-corrected chi connectivity index (χ0v) is 15.1. The van der Waals surface area contributed by atoms with E-state index in [1.165, 1.54) is 7.05 Å². The van der Waals surface area contributed by atoms with Gasteiger partial charge in [0, 0.05) is 13.6 Å². The summed E-state index contributed by atoms with van der Waals surface area (Å²) in [6.07, 6.45) is 1.07. The molecule has 8 heteroatoms. The molecule has 130 valence electrons. The molecule has 0 aliphatic rings. The molecule has 0 unspecified atom stereocenters. The predicted molar refractivity (Wildman–Crippen MR) is 89.9 cm³/mol. The number of sulfonamides is 1. The van der Waals surface area contributed by atoms with Gasteiger partial charge >= 0.3 is 0 Å². The van der Waals surface area contributed by atoms with Crippen molar-refractivity contribution < 1.29 is 17.9 Å². The Morgan fingerprint density at radius 1 is 1.22 bits per heavy atom. The Balaban J connectivity index is 2.68. The second-order valence-electron chi connectivity index (χ2n) is 5.58. The maximum Gasteiger partial charge on any atom is 0.235 e. The normalized spacial score (nSPS) is 13.2. The topological polar surface area (TPSA) is 79.0 Å². The fourth-order valence-electron chi connectivity index (χ4n) is 2.01. The van der Waals surface area contributed by atoms with Gasteiger partial charge in [-0.1, -0.05) is 12.1 Å². The van der Waals surface area contributed by atoms with Gasteiger partial charge in [-0.2, -0.15) is 4.31 Å². The van der Waals surface area contributed by atoms with Gasteiger partial charge in [0.2, 0.25) is 15.9 Å². The Bertz CT molecular complexity index is 614. The van der Waals surface area contributed by atoms with Crippen molar-refractivity contribution in [1.29, 1.82) is 0 Å².